The van der Waals surface area contributed by atoms with Crippen molar-refractivity contribution in [3.05, 3.63) is 59.7 Å². The van der Waals surface area contributed by atoms with E-state index in [1.165, 1.54) is 48.2 Å². The van der Waals surface area contributed by atoms with Crippen molar-refractivity contribution < 1.29 is 0 Å². The number of hydrogen-bond acceptors (Lipinski definition) is 4. The molecule has 196 valence electrons. The molecule has 8 heteroatoms. The molecule has 0 bridgehead atoms. The van der Waals surface area contributed by atoms with Crippen molar-refractivity contribution in [2.45, 2.75) is 38.8 Å². The summed E-state index contributed by atoms with van der Waals surface area (Å²) in [6.07, 6.45) is 5.43. The quantitative estimate of drug-likeness (QED) is 0.367. The zero-order valence-electron chi connectivity index (χ0n) is 21.0. The molecule has 34 heavy (non-hydrogen) atoms. The van der Waals surface area contributed by atoms with E-state index < -0.39 is 0 Å². The van der Waals surface area contributed by atoms with E-state index in [9.17, 15) is 0 Å². The summed E-state index contributed by atoms with van der Waals surface area (Å²) in [5, 5.41) is 7.36. The van der Waals surface area contributed by atoms with Crippen LogP contribution in [0, 0.1) is 11.8 Å². The van der Waals surface area contributed by atoms with E-state index in [1.54, 1.807) is 0 Å². The molecule has 1 fully saturated rings. The van der Waals surface area contributed by atoms with Gasteiger partial charge in [-0.2, -0.15) is 0 Å². The molecule has 0 spiro atoms. The van der Waals surface area contributed by atoms with Gasteiger partial charge in [-0.05, 0) is 86.0 Å². The molecule has 4 nitrogen and oxygen atoms in total. The third kappa shape index (κ3) is 11.7. The maximum atomic E-state index is 3.68. The fourth-order valence-electron chi connectivity index (χ4n) is 4.30. The Bertz CT molecular complexity index is 681. The van der Waals surface area contributed by atoms with E-state index in [-0.39, 0.29) is 49.6 Å². The highest BCUT2D eigenvalue weighted by Gasteiger charge is 2.20. The number of halogens is 4. The van der Waals surface area contributed by atoms with Crippen LogP contribution in [0.1, 0.15) is 36.8 Å². The molecule has 0 heterocycles. The van der Waals surface area contributed by atoms with Crippen molar-refractivity contribution >= 4 is 61.0 Å². The number of rotatable bonds is 10. The van der Waals surface area contributed by atoms with Gasteiger partial charge in [0, 0.05) is 52.7 Å². The molecule has 0 aromatic heterocycles. The van der Waals surface area contributed by atoms with Crippen LogP contribution in [0.25, 0.3) is 0 Å². The minimum atomic E-state index is 0. The number of nitrogens with zero attached hydrogens (tertiary/aromatic N) is 2. The van der Waals surface area contributed by atoms with Crippen molar-refractivity contribution in [3.8, 4) is 0 Å². The summed E-state index contributed by atoms with van der Waals surface area (Å²) in [5.41, 5.74) is 5.27. The van der Waals surface area contributed by atoms with Crippen LogP contribution < -0.4 is 20.4 Å². The fourth-order valence-corrected chi connectivity index (χ4v) is 4.30. The van der Waals surface area contributed by atoms with Gasteiger partial charge in [0.2, 0.25) is 0 Å². The topological polar surface area (TPSA) is 30.5 Å². The lowest BCUT2D eigenvalue weighted by Crippen LogP contribution is -2.30. The van der Waals surface area contributed by atoms with Gasteiger partial charge in [-0.15, -0.1) is 49.6 Å². The van der Waals surface area contributed by atoms with Crippen molar-refractivity contribution in [1.29, 1.82) is 0 Å². The zero-order chi connectivity index (χ0) is 21.3. The second-order valence-electron chi connectivity index (χ2n) is 9.27. The van der Waals surface area contributed by atoms with Crippen LogP contribution in [0.2, 0.25) is 0 Å². The molecule has 3 rings (SSSR count). The van der Waals surface area contributed by atoms with E-state index in [2.05, 4.69) is 97.2 Å². The largest absolute Gasteiger partial charge is 0.378 e. The molecule has 2 N–H and O–H groups in total. The number of anilines is 2. The number of hydrogen-bond donors (Lipinski definition) is 2. The first-order chi connectivity index (χ1) is 14.5. The van der Waals surface area contributed by atoms with Crippen LogP contribution >= 0.6 is 49.6 Å². The Morgan fingerprint density at radius 2 is 0.853 bits per heavy atom. The van der Waals surface area contributed by atoms with E-state index in [0.29, 0.717) is 0 Å². The molecular formula is C26H44Cl4N4. The normalized spacial score (nSPS) is 16.7. The van der Waals surface area contributed by atoms with E-state index in [0.717, 1.165) is 38.0 Å². The van der Waals surface area contributed by atoms with Crippen LogP contribution in [0.5, 0.6) is 0 Å². The molecule has 0 radical (unpaired) electrons. The number of nitrogens with one attached hydrogen (secondary N) is 2. The van der Waals surface area contributed by atoms with Crippen molar-refractivity contribution in [3.63, 3.8) is 0 Å². The molecule has 0 saturated heterocycles. The first-order valence-electron chi connectivity index (χ1n) is 11.4. The van der Waals surface area contributed by atoms with Gasteiger partial charge in [0.05, 0.1) is 0 Å². The van der Waals surface area contributed by atoms with Crippen LogP contribution in [0.4, 0.5) is 11.4 Å². The molecular weight excluding hydrogens is 510 g/mol. The second kappa shape index (κ2) is 18.4. The van der Waals surface area contributed by atoms with E-state index in [1.807, 2.05) is 0 Å². The summed E-state index contributed by atoms with van der Waals surface area (Å²) in [5.74, 6) is 1.67. The lowest BCUT2D eigenvalue weighted by atomic mass is 9.82. The molecule has 0 atom stereocenters. The molecule has 1 aliphatic carbocycles. The van der Waals surface area contributed by atoms with Gasteiger partial charge in [-0.25, -0.2) is 0 Å². The highest BCUT2D eigenvalue weighted by molar-refractivity contribution is 5.86. The summed E-state index contributed by atoms with van der Waals surface area (Å²) in [7, 11) is 8.34. The summed E-state index contributed by atoms with van der Waals surface area (Å²) in [4.78, 5) is 4.29. The third-order valence-corrected chi connectivity index (χ3v) is 6.40. The highest BCUT2D eigenvalue weighted by Crippen LogP contribution is 2.28. The van der Waals surface area contributed by atoms with Gasteiger partial charge in [-0.1, -0.05) is 24.3 Å². The fraction of sp³-hybridized carbons (Fsp3) is 0.538. The maximum Gasteiger partial charge on any atom is 0.0361 e. The molecule has 0 amide bonds. The van der Waals surface area contributed by atoms with E-state index in [4.69, 9.17) is 0 Å². The molecule has 1 aliphatic rings. The van der Waals surface area contributed by atoms with Crippen LogP contribution in [-0.2, 0) is 13.1 Å². The summed E-state index contributed by atoms with van der Waals surface area (Å²) in [6.45, 7) is 4.24. The first kappa shape index (κ1) is 35.3. The average molecular weight is 554 g/mol. The smallest absolute Gasteiger partial charge is 0.0361 e. The lowest BCUT2D eigenvalue weighted by molar-refractivity contribution is 0.261. The molecule has 0 aliphatic heterocycles. The van der Waals surface area contributed by atoms with Crippen LogP contribution in [0.3, 0.4) is 0 Å². The predicted octanol–water partition coefficient (Wildman–Crippen LogP) is 6.19. The van der Waals surface area contributed by atoms with Crippen molar-refractivity contribution in [2.24, 2.45) is 11.8 Å². The third-order valence-electron chi connectivity index (χ3n) is 6.40. The Morgan fingerprint density at radius 3 is 1.12 bits per heavy atom. The Kier molecular flexibility index (Phi) is 19.1. The predicted molar refractivity (Wildman–Crippen MR) is 159 cm³/mol. The summed E-state index contributed by atoms with van der Waals surface area (Å²) < 4.78 is 0. The maximum absolute atomic E-state index is 3.68. The van der Waals surface area contributed by atoms with Gasteiger partial charge >= 0.3 is 0 Å². The molecule has 1 saturated carbocycles. The standard InChI is InChI=1S/C26H40N4.4ClH/c1-29(2)25-13-9-23(10-14-25)19-27-17-21-5-7-22(8-6-21)18-28-20-24-11-15-26(16-12-24)30(3)4;;;;/h9-16,21-22,27-28H,5-8,17-20H2,1-4H3;4*1H. The SMILES string of the molecule is CN(C)c1ccc(CNCC2CCC(CNCc3ccc(N(C)C)cc3)CC2)cc1.Cl.Cl.Cl.Cl. The van der Waals surface area contributed by atoms with Gasteiger partial charge in [-0.3, -0.25) is 0 Å². The van der Waals surface area contributed by atoms with Gasteiger partial charge in [0.15, 0.2) is 0 Å². The number of benzene rings is 2. The Balaban J connectivity index is 0. The minimum Gasteiger partial charge on any atom is -0.378 e. The van der Waals surface area contributed by atoms with Gasteiger partial charge < -0.3 is 20.4 Å². The Morgan fingerprint density at radius 1 is 0.559 bits per heavy atom. The highest BCUT2D eigenvalue weighted by atomic mass is 35.5. The molecule has 0 unspecified atom stereocenters. The molecule has 2 aromatic carbocycles. The van der Waals surface area contributed by atoms with Crippen LogP contribution in [0.15, 0.2) is 48.5 Å². The van der Waals surface area contributed by atoms with Crippen molar-refractivity contribution in [1.82, 2.24) is 10.6 Å². The van der Waals surface area contributed by atoms with Crippen LogP contribution in [-0.4, -0.2) is 41.3 Å². The van der Waals surface area contributed by atoms with Crippen molar-refractivity contribution in [2.75, 3.05) is 51.1 Å². The first-order valence-corrected chi connectivity index (χ1v) is 11.4. The van der Waals surface area contributed by atoms with Gasteiger partial charge in [0.1, 0.15) is 0 Å². The minimum absolute atomic E-state index is 0. The van der Waals surface area contributed by atoms with Gasteiger partial charge in [0.25, 0.3) is 0 Å². The summed E-state index contributed by atoms with van der Waals surface area (Å²) >= 11 is 0. The summed E-state index contributed by atoms with van der Waals surface area (Å²) in [6, 6.07) is 17.7. The second-order valence-corrected chi connectivity index (χ2v) is 9.27. The zero-order valence-corrected chi connectivity index (χ0v) is 24.2. The molecule has 2 aromatic rings. The Labute approximate surface area is 232 Å². The monoisotopic (exact) mass is 552 g/mol. The van der Waals surface area contributed by atoms with E-state index >= 15 is 0 Å². The lowest BCUT2D eigenvalue weighted by Gasteiger charge is -2.29. The Hall–Kier alpha value is -0.880. The average Bonchev–Trinajstić information content (AvgIpc) is 2.75.